The summed E-state index contributed by atoms with van der Waals surface area (Å²) in [6.45, 7) is 2.83. The molecule has 8 heteroatoms. The van der Waals surface area contributed by atoms with Gasteiger partial charge in [0.15, 0.2) is 0 Å². The Morgan fingerprint density at radius 1 is 1.29 bits per heavy atom. The number of primary amides is 1. The second kappa shape index (κ2) is 8.64. The first kappa shape index (κ1) is 15.5. The van der Waals surface area contributed by atoms with Gasteiger partial charge < -0.3 is 28.3 Å². The van der Waals surface area contributed by atoms with Crippen LogP contribution in [0, 0.1) is 0 Å². The van der Waals surface area contributed by atoms with Gasteiger partial charge >= 0.3 is 13.3 Å². The Kier molecular flexibility index (Phi) is 9.58. The van der Waals surface area contributed by atoms with Crippen LogP contribution < -0.4 is 11.1 Å². The Morgan fingerprint density at radius 3 is 2.00 bits per heavy atom. The van der Waals surface area contributed by atoms with E-state index in [9.17, 15) is 22.1 Å². The van der Waals surface area contributed by atoms with Gasteiger partial charge in [-0.2, -0.15) is 0 Å². The molecular weight excluding hydrogens is 203 g/mol. The number of amides is 2. The molecular formula is C6H14BF4N2O-. The van der Waals surface area contributed by atoms with Crippen LogP contribution in [0.3, 0.4) is 0 Å². The Bertz CT molecular complexity index is 147. The molecule has 0 atom stereocenters. The van der Waals surface area contributed by atoms with E-state index in [4.69, 9.17) is 5.73 Å². The van der Waals surface area contributed by atoms with Gasteiger partial charge in [-0.1, -0.05) is 19.8 Å². The summed E-state index contributed by atoms with van der Waals surface area (Å²) in [5.74, 6) is 0. The van der Waals surface area contributed by atoms with Gasteiger partial charge in [-0.3, -0.25) is 0 Å². The lowest BCUT2D eigenvalue weighted by Crippen LogP contribution is -2.29. The summed E-state index contributed by atoms with van der Waals surface area (Å²) < 4.78 is 39.0. The molecule has 14 heavy (non-hydrogen) atoms. The van der Waals surface area contributed by atoms with E-state index in [0.717, 1.165) is 12.8 Å². The number of carbonyl (C=O) groups is 1. The molecule has 2 amide bonds. The van der Waals surface area contributed by atoms with Gasteiger partial charge in [0.05, 0.1) is 0 Å². The van der Waals surface area contributed by atoms with Crippen molar-refractivity contribution in [2.75, 3.05) is 6.54 Å². The maximum atomic E-state index is 10.1. The van der Waals surface area contributed by atoms with Crippen molar-refractivity contribution >= 4 is 13.3 Å². The zero-order chi connectivity index (χ0) is 11.6. The van der Waals surface area contributed by atoms with Crippen molar-refractivity contribution in [3.63, 3.8) is 0 Å². The molecule has 0 unspecified atom stereocenters. The molecule has 3 N–H and O–H groups in total. The summed E-state index contributed by atoms with van der Waals surface area (Å²) in [4.78, 5) is 10.1. The van der Waals surface area contributed by atoms with Crippen LogP contribution in [0.4, 0.5) is 22.1 Å². The summed E-state index contributed by atoms with van der Waals surface area (Å²) in [5, 5.41) is 2.52. The molecule has 86 valence electrons. The zero-order valence-corrected chi connectivity index (χ0v) is 7.90. The second-order valence-electron chi connectivity index (χ2n) is 2.49. The van der Waals surface area contributed by atoms with Crippen molar-refractivity contribution in [2.24, 2.45) is 5.73 Å². The monoisotopic (exact) mass is 217 g/mol. The van der Waals surface area contributed by atoms with E-state index in [0.29, 0.717) is 6.54 Å². The van der Waals surface area contributed by atoms with E-state index in [1.54, 1.807) is 0 Å². The molecule has 0 saturated carbocycles. The maximum Gasteiger partial charge on any atom is 0.673 e. The van der Waals surface area contributed by atoms with Crippen LogP contribution >= 0.6 is 0 Å². The normalized spacial score (nSPS) is 10.1. The third kappa shape index (κ3) is 43.7. The molecule has 0 aliphatic rings. The number of nitrogens with two attached hydrogens (primary N) is 1. The highest BCUT2D eigenvalue weighted by molar-refractivity contribution is 6.50. The molecule has 0 fully saturated rings. The van der Waals surface area contributed by atoms with Gasteiger partial charge in [0.25, 0.3) is 0 Å². The molecule has 0 aromatic heterocycles. The highest BCUT2D eigenvalue weighted by atomic mass is 19.5. The predicted octanol–water partition coefficient (Wildman–Crippen LogP) is 2.14. The van der Waals surface area contributed by atoms with E-state index >= 15 is 0 Å². The zero-order valence-electron chi connectivity index (χ0n) is 7.90. The van der Waals surface area contributed by atoms with Crippen LogP contribution in [0.25, 0.3) is 0 Å². The number of rotatable bonds is 4. The lowest BCUT2D eigenvalue weighted by atomic mass is 10.2. The van der Waals surface area contributed by atoms with Crippen LogP contribution in [0.2, 0.25) is 0 Å². The highest BCUT2D eigenvalue weighted by Crippen LogP contribution is 2.06. The largest absolute Gasteiger partial charge is 0.673 e. The lowest BCUT2D eigenvalue weighted by molar-refractivity contribution is 0.248. The number of carbonyl (C=O) groups excluding carboxylic acids is 1. The summed E-state index contributed by atoms with van der Waals surface area (Å²) >= 11 is 0. The van der Waals surface area contributed by atoms with Crippen LogP contribution in [-0.2, 0) is 0 Å². The van der Waals surface area contributed by atoms with Gasteiger partial charge in [-0.15, -0.1) is 0 Å². The topological polar surface area (TPSA) is 55.1 Å². The molecule has 0 bridgehead atoms. The predicted molar refractivity (Wildman–Crippen MR) is 47.3 cm³/mol. The van der Waals surface area contributed by atoms with E-state index in [1.165, 1.54) is 6.42 Å². The summed E-state index contributed by atoms with van der Waals surface area (Å²) in [5.41, 5.74) is 4.82. The summed E-state index contributed by atoms with van der Waals surface area (Å²) in [6, 6.07) is -0.425. The molecule has 0 aromatic rings. The van der Waals surface area contributed by atoms with Crippen molar-refractivity contribution in [3.8, 4) is 0 Å². The SMILES string of the molecule is CCCCCNC(N)=O.F[B-](F)(F)F. The lowest BCUT2D eigenvalue weighted by Gasteiger charge is -1.97. The fraction of sp³-hybridized carbons (Fsp3) is 0.833. The number of hydrogen-bond donors (Lipinski definition) is 2. The second-order valence-corrected chi connectivity index (χ2v) is 2.49. The highest BCUT2D eigenvalue weighted by Gasteiger charge is 2.20. The van der Waals surface area contributed by atoms with E-state index in [-0.39, 0.29) is 0 Å². The Labute approximate surface area is 80.1 Å². The fourth-order valence-corrected chi connectivity index (χ4v) is 0.587. The molecule has 0 rings (SSSR count). The molecule has 0 aliphatic heterocycles. The number of hydrogen-bond acceptors (Lipinski definition) is 1. The van der Waals surface area contributed by atoms with Crippen LogP contribution in [-0.4, -0.2) is 19.8 Å². The maximum absolute atomic E-state index is 10.1. The molecule has 3 nitrogen and oxygen atoms in total. The average molecular weight is 217 g/mol. The van der Waals surface area contributed by atoms with E-state index in [1.807, 2.05) is 0 Å². The third-order valence-corrected chi connectivity index (χ3v) is 1.08. The van der Waals surface area contributed by atoms with Gasteiger partial charge in [0, 0.05) is 6.54 Å². The van der Waals surface area contributed by atoms with Crippen molar-refractivity contribution in [2.45, 2.75) is 26.2 Å². The van der Waals surface area contributed by atoms with Crippen LogP contribution in [0.5, 0.6) is 0 Å². The Hall–Kier alpha value is -0.945. The van der Waals surface area contributed by atoms with Crippen molar-refractivity contribution in [3.05, 3.63) is 0 Å². The minimum Gasteiger partial charge on any atom is -0.418 e. The quantitative estimate of drug-likeness (QED) is 0.423. The minimum absolute atomic E-state index is 0.425. The number of urea groups is 1. The van der Waals surface area contributed by atoms with E-state index < -0.39 is 13.3 Å². The van der Waals surface area contributed by atoms with E-state index in [2.05, 4.69) is 12.2 Å². The summed E-state index contributed by atoms with van der Waals surface area (Å²) in [6.07, 6.45) is 3.35. The minimum atomic E-state index is -6.00. The number of halogens is 4. The molecule has 0 saturated heterocycles. The van der Waals surface area contributed by atoms with Crippen LogP contribution in [0.15, 0.2) is 0 Å². The van der Waals surface area contributed by atoms with Crippen molar-refractivity contribution in [1.29, 1.82) is 0 Å². The summed E-state index contributed by atoms with van der Waals surface area (Å²) in [7, 11) is -6.00. The number of nitrogens with one attached hydrogen (secondary N) is 1. The standard InChI is InChI=1S/C6H14N2O.BF4/c1-2-3-4-5-8-6(7)9;2-1(3,4)5/h2-5H2,1H3,(H3,7,8,9);/q;-1. The molecule has 0 radical (unpaired) electrons. The smallest absolute Gasteiger partial charge is 0.418 e. The molecule has 0 spiro atoms. The third-order valence-electron chi connectivity index (χ3n) is 1.08. The van der Waals surface area contributed by atoms with Crippen molar-refractivity contribution in [1.82, 2.24) is 5.32 Å². The van der Waals surface area contributed by atoms with Gasteiger partial charge in [-0.25, -0.2) is 4.79 Å². The molecule has 0 aromatic carbocycles. The van der Waals surface area contributed by atoms with Crippen molar-refractivity contribution < 1.29 is 22.1 Å². The van der Waals surface area contributed by atoms with Gasteiger partial charge in [0.1, 0.15) is 0 Å². The Morgan fingerprint density at radius 2 is 1.71 bits per heavy atom. The first-order valence-corrected chi connectivity index (χ1v) is 4.18. The first-order chi connectivity index (χ1) is 6.27. The van der Waals surface area contributed by atoms with Gasteiger partial charge in [-0.05, 0) is 6.42 Å². The van der Waals surface area contributed by atoms with Gasteiger partial charge in [0.2, 0.25) is 0 Å². The average Bonchev–Trinajstić information content (AvgIpc) is 1.94. The fourth-order valence-electron chi connectivity index (χ4n) is 0.587. The van der Waals surface area contributed by atoms with Crippen LogP contribution in [0.1, 0.15) is 26.2 Å². The Balaban J connectivity index is 0. The molecule has 0 aliphatic carbocycles. The molecule has 0 heterocycles. The first-order valence-electron chi connectivity index (χ1n) is 4.18. The number of unbranched alkanes of at least 4 members (excludes halogenated alkanes) is 2.